The molecule has 108 valence electrons. The van der Waals surface area contributed by atoms with Gasteiger partial charge in [0.05, 0.1) is 5.56 Å². The lowest BCUT2D eigenvalue weighted by Gasteiger charge is -2.08. The Hall–Kier alpha value is -3.09. The highest BCUT2D eigenvalue weighted by molar-refractivity contribution is 6.06. The molecule has 1 aromatic heterocycles. The number of hydrogen-bond donors (Lipinski definition) is 4. The SMILES string of the molecule is CC(=O)Nc1cccc(NC(=O)c2c[nH]c(=O)cc2O)c1. The summed E-state index contributed by atoms with van der Waals surface area (Å²) in [6.07, 6.45) is 1.13. The van der Waals surface area contributed by atoms with E-state index in [9.17, 15) is 19.5 Å². The van der Waals surface area contributed by atoms with Crippen LogP contribution in [0.15, 0.2) is 41.3 Å². The van der Waals surface area contributed by atoms with Crippen LogP contribution in [0.4, 0.5) is 11.4 Å². The van der Waals surface area contributed by atoms with Crippen LogP contribution in [-0.4, -0.2) is 21.9 Å². The van der Waals surface area contributed by atoms with Crippen LogP contribution in [0.1, 0.15) is 17.3 Å². The van der Waals surface area contributed by atoms with E-state index in [0.29, 0.717) is 11.4 Å². The number of carbonyl (C=O) groups is 2. The first-order valence-corrected chi connectivity index (χ1v) is 6.06. The predicted octanol–water partition coefficient (Wildman–Crippen LogP) is 1.29. The molecule has 0 aliphatic heterocycles. The van der Waals surface area contributed by atoms with Gasteiger partial charge < -0.3 is 20.7 Å². The molecule has 0 saturated heterocycles. The van der Waals surface area contributed by atoms with Crippen molar-refractivity contribution in [2.24, 2.45) is 0 Å². The molecule has 0 aliphatic carbocycles. The van der Waals surface area contributed by atoms with E-state index >= 15 is 0 Å². The van der Waals surface area contributed by atoms with Crippen LogP contribution < -0.4 is 16.2 Å². The van der Waals surface area contributed by atoms with Crippen molar-refractivity contribution in [3.63, 3.8) is 0 Å². The van der Waals surface area contributed by atoms with Gasteiger partial charge in [0.1, 0.15) is 5.75 Å². The van der Waals surface area contributed by atoms with Crippen LogP contribution in [-0.2, 0) is 4.79 Å². The van der Waals surface area contributed by atoms with E-state index in [1.165, 1.54) is 6.92 Å². The molecule has 2 aromatic rings. The Morgan fingerprint density at radius 3 is 2.43 bits per heavy atom. The quantitative estimate of drug-likeness (QED) is 0.681. The minimum atomic E-state index is -0.580. The number of carbonyl (C=O) groups excluding carboxylic acids is 2. The Bertz CT molecular complexity index is 752. The first-order valence-electron chi connectivity index (χ1n) is 6.06. The Kier molecular flexibility index (Phi) is 4.03. The first kappa shape index (κ1) is 14.3. The number of aromatic hydroxyl groups is 1. The van der Waals surface area contributed by atoms with Gasteiger partial charge in [-0.05, 0) is 18.2 Å². The van der Waals surface area contributed by atoms with Crippen molar-refractivity contribution < 1.29 is 14.7 Å². The van der Waals surface area contributed by atoms with Gasteiger partial charge in [-0.3, -0.25) is 14.4 Å². The fourth-order valence-corrected chi connectivity index (χ4v) is 1.72. The molecule has 0 fully saturated rings. The minimum Gasteiger partial charge on any atom is -0.507 e. The molecule has 21 heavy (non-hydrogen) atoms. The van der Waals surface area contributed by atoms with Crippen molar-refractivity contribution in [1.82, 2.24) is 4.98 Å². The summed E-state index contributed by atoms with van der Waals surface area (Å²) in [5.41, 5.74) is 0.416. The van der Waals surface area contributed by atoms with Crippen molar-refractivity contribution in [1.29, 1.82) is 0 Å². The largest absolute Gasteiger partial charge is 0.507 e. The van der Waals surface area contributed by atoms with Gasteiger partial charge in [0.15, 0.2) is 0 Å². The topological polar surface area (TPSA) is 111 Å². The van der Waals surface area contributed by atoms with Crippen molar-refractivity contribution in [2.45, 2.75) is 6.92 Å². The summed E-state index contributed by atoms with van der Waals surface area (Å²) in [6.45, 7) is 1.38. The summed E-state index contributed by atoms with van der Waals surface area (Å²) < 4.78 is 0. The number of aromatic nitrogens is 1. The number of H-pyrrole nitrogens is 1. The monoisotopic (exact) mass is 287 g/mol. The third-order valence-electron chi connectivity index (χ3n) is 2.59. The summed E-state index contributed by atoms with van der Waals surface area (Å²) in [7, 11) is 0. The number of benzene rings is 1. The summed E-state index contributed by atoms with van der Waals surface area (Å²) in [4.78, 5) is 36.3. The van der Waals surface area contributed by atoms with Gasteiger partial charge in [0.2, 0.25) is 5.91 Å². The van der Waals surface area contributed by atoms with Crippen LogP contribution in [0, 0.1) is 0 Å². The number of amides is 2. The number of aromatic amines is 1. The number of anilines is 2. The van der Waals surface area contributed by atoms with Crippen LogP contribution >= 0.6 is 0 Å². The van der Waals surface area contributed by atoms with E-state index < -0.39 is 17.2 Å². The van der Waals surface area contributed by atoms with Gasteiger partial charge in [-0.2, -0.15) is 0 Å². The lowest BCUT2D eigenvalue weighted by Crippen LogP contribution is -2.15. The fraction of sp³-hybridized carbons (Fsp3) is 0.0714. The van der Waals surface area contributed by atoms with Crippen LogP contribution in [0.3, 0.4) is 0 Å². The average Bonchev–Trinajstić information content (AvgIpc) is 2.37. The molecular formula is C14H13N3O4. The molecule has 0 saturated carbocycles. The number of pyridine rings is 1. The second kappa shape index (κ2) is 5.91. The zero-order valence-corrected chi connectivity index (χ0v) is 11.1. The first-order chi connectivity index (χ1) is 9.95. The van der Waals surface area contributed by atoms with Gasteiger partial charge >= 0.3 is 0 Å². The Morgan fingerprint density at radius 2 is 1.81 bits per heavy atom. The number of nitrogens with one attached hydrogen (secondary N) is 3. The molecule has 4 N–H and O–H groups in total. The maximum atomic E-state index is 12.0. The molecule has 7 heteroatoms. The summed E-state index contributed by atoms with van der Waals surface area (Å²) in [6, 6.07) is 7.46. The van der Waals surface area contributed by atoms with Crippen molar-refractivity contribution in [3.8, 4) is 5.75 Å². The van der Waals surface area contributed by atoms with Gasteiger partial charge in [0.25, 0.3) is 11.5 Å². The van der Waals surface area contributed by atoms with E-state index in [-0.39, 0.29) is 11.5 Å². The maximum absolute atomic E-state index is 12.0. The molecule has 2 rings (SSSR count). The van der Waals surface area contributed by atoms with Crippen molar-refractivity contribution in [3.05, 3.63) is 52.4 Å². The average molecular weight is 287 g/mol. The second-order valence-electron chi connectivity index (χ2n) is 4.31. The van der Waals surface area contributed by atoms with Crippen molar-refractivity contribution in [2.75, 3.05) is 10.6 Å². The van der Waals surface area contributed by atoms with E-state index in [4.69, 9.17) is 0 Å². The standard InChI is InChI=1S/C14H13N3O4/c1-8(18)16-9-3-2-4-10(5-9)17-14(21)11-7-15-13(20)6-12(11)19/h2-7H,1H3,(H,16,18)(H,17,21)(H2,15,19,20). The smallest absolute Gasteiger partial charge is 0.260 e. The molecular weight excluding hydrogens is 274 g/mol. The Balaban J connectivity index is 2.19. The van der Waals surface area contributed by atoms with Gasteiger partial charge in [-0.1, -0.05) is 6.07 Å². The Morgan fingerprint density at radius 1 is 1.14 bits per heavy atom. The fourth-order valence-electron chi connectivity index (χ4n) is 1.72. The van der Waals surface area contributed by atoms with Crippen LogP contribution in [0.5, 0.6) is 5.75 Å². The number of rotatable bonds is 3. The third-order valence-corrected chi connectivity index (χ3v) is 2.59. The zero-order chi connectivity index (χ0) is 15.4. The number of hydrogen-bond acceptors (Lipinski definition) is 4. The molecule has 0 spiro atoms. The molecule has 0 unspecified atom stereocenters. The normalized spacial score (nSPS) is 9.95. The highest BCUT2D eigenvalue weighted by Gasteiger charge is 2.12. The van der Waals surface area contributed by atoms with E-state index in [0.717, 1.165) is 12.3 Å². The van der Waals surface area contributed by atoms with E-state index in [1.807, 2.05) is 0 Å². The van der Waals surface area contributed by atoms with E-state index in [2.05, 4.69) is 15.6 Å². The molecule has 0 radical (unpaired) electrons. The van der Waals surface area contributed by atoms with Gasteiger partial charge in [0, 0.05) is 30.6 Å². The molecule has 0 aliphatic rings. The van der Waals surface area contributed by atoms with E-state index in [1.54, 1.807) is 24.3 Å². The van der Waals surface area contributed by atoms with Crippen LogP contribution in [0.25, 0.3) is 0 Å². The lowest BCUT2D eigenvalue weighted by atomic mass is 10.2. The zero-order valence-electron chi connectivity index (χ0n) is 11.1. The molecule has 0 bridgehead atoms. The molecule has 2 amide bonds. The van der Waals surface area contributed by atoms with Gasteiger partial charge in [-0.15, -0.1) is 0 Å². The summed E-state index contributed by atoms with van der Waals surface area (Å²) in [5.74, 6) is -1.21. The maximum Gasteiger partial charge on any atom is 0.260 e. The summed E-state index contributed by atoms with van der Waals surface area (Å²) >= 11 is 0. The van der Waals surface area contributed by atoms with Crippen molar-refractivity contribution >= 4 is 23.2 Å². The highest BCUT2D eigenvalue weighted by Crippen LogP contribution is 2.18. The molecule has 0 atom stereocenters. The minimum absolute atomic E-state index is 0.0560. The Labute approximate surface area is 119 Å². The molecule has 7 nitrogen and oxygen atoms in total. The predicted molar refractivity (Wildman–Crippen MR) is 77.4 cm³/mol. The summed E-state index contributed by atoms with van der Waals surface area (Å²) in [5, 5.41) is 14.7. The second-order valence-corrected chi connectivity index (χ2v) is 4.31. The molecule has 1 aromatic carbocycles. The van der Waals surface area contributed by atoms with Gasteiger partial charge in [-0.25, -0.2) is 0 Å². The highest BCUT2D eigenvalue weighted by atomic mass is 16.3. The lowest BCUT2D eigenvalue weighted by molar-refractivity contribution is -0.114. The third kappa shape index (κ3) is 3.69. The van der Waals surface area contributed by atoms with Crippen LogP contribution in [0.2, 0.25) is 0 Å². The molecule has 1 heterocycles.